The molecule has 4 atom stereocenters. The van der Waals surface area contributed by atoms with E-state index in [1.807, 2.05) is 0 Å². The van der Waals surface area contributed by atoms with Crippen LogP contribution in [0.5, 0.6) is 0 Å². The van der Waals surface area contributed by atoms with Gasteiger partial charge in [-0.3, -0.25) is 4.79 Å². The largest absolute Gasteiger partial charge is 0.480 e. The Kier molecular flexibility index (Phi) is 4.09. The molecule has 1 amide bonds. The number of hydrogen-bond acceptors (Lipinski definition) is 4. The Morgan fingerprint density at radius 3 is 2.40 bits per heavy atom. The van der Waals surface area contributed by atoms with Crippen LogP contribution in [0.15, 0.2) is 0 Å². The first-order valence-electron chi connectivity index (χ1n) is 6.97. The van der Waals surface area contributed by atoms with E-state index in [1.165, 1.54) is 11.8 Å². The highest BCUT2D eigenvalue weighted by molar-refractivity contribution is 7.92. The van der Waals surface area contributed by atoms with Gasteiger partial charge in [-0.05, 0) is 32.1 Å². The molecule has 1 aliphatic carbocycles. The molecule has 20 heavy (non-hydrogen) atoms. The van der Waals surface area contributed by atoms with E-state index in [0.29, 0.717) is 6.42 Å². The maximum atomic E-state index is 12.4. The predicted molar refractivity (Wildman–Crippen MR) is 72.9 cm³/mol. The van der Waals surface area contributed by atoms with Crippen LogP contribution in [-0.2, 0) is 19.4 Å². The van der Waals surface area contributed by atoms with Crippen LogP contribution in [0.4, 0.5) is 0 Å². The zero-order chi connectivity index (χ0) is 15.1. The number of carbonyl (C=O) groups excluding carboxylic acids is 1. The molecule has 0 bridgehead atoms. The fraction of sp³-hybridized carbons (Fsp3) is 0.846. The number of nitrogens with zero attached hydrogens (tertiary/aromatic N) is 1. The van der Waals surface area contributed by atoms with E-state index in [1.54, 1.807) is 0 Å². The SMILES string of the molecule is C[C@H](C(=O)N1[C@H](C(=O)O)C[C@@H]2CCCC[C@@H]21)S(C)(=O)=O. The summed E-state index contributed by atoms with van der Waals surface area (Å²) in [4.78, 5) is 25.2. The summed E-state index contributed by atoms with van der Waals surface area (Å²) >= 11 is 0. The van der Waals surface area contributed by atoms with Crippen LogP contribution in [0, 0.1) is 5.92 Å². The van der Waals surface area contributed by atoms with E-state index in [0.717, 1.165) is 31.9 Å². The molecule has 1 N–H and O–H groups in total. The van der Waals surface area contributed by atoms with Gasteiger partial charge in [0.2, 0.25) is 5.91 Å². The molecule has 1 saturated heterocycles. The lowest BCUT2D eigenvalue weighted by atomic mass is 9.84. The number of hydrogen-bond donors (Lipinski definition) is 1. The highest BCUT2D eigenvalue weighted by Gasteiger charge is 2.49. The Balaban J connectivity index is 2.29. The lowest BCUT2D eigenvalue weighted by molar-refractivity contribution is -0.149. The highest BCUT2D eigenvalue weighted by Crippen LogP contribution is 2.40. The molecule has 0 unspecified atom stereocenters. The molecule has 0 aromatic carbocycles. The molecule has 6 nitrogen and oxygen atoms in total. The average Bonchev–Trinajstić information content (AvgIpc) is 2.75. The predicted octanol–water partition coefficient (Wildman–Crippen LogP) is 0.664. The van der Waals surface area contributed by atoms with Crippen molar-refractivity contribution in [2.45, 2.75) is 56.4 Å². The number of carboxylic acid groups (broad SMARTS) is 1. The van der Waals surface area contributed by atoms with Crippen molar-refractivity contribution in [3.8, 4) is 0 Å². The first kappa shape index (κ1) is 15.3. The number of amides is 1. The summed E-state index contributed by atoms with van der Waals surface area (Å²) < 4.78 is 23.1. The third-order valence-electron chi connectivity index (χ3n) is 4.62. The monoisotopic (exact) mass is 303 g/mol. The number of aliphatic carboxylic acids is 1. The Labute approximate surface area is 119 Å². The van der Waals surface area contributed by atoms with Gasteiger partial charge in [0.15, 0.2) is 9.84 Å². The fourth-order valence-electron chi connectivity index (χ4n) is 3.39. The first-order chi connectivity index (χ1) is 9.23. The minimum absolute atomic E-state index is 0.110. The van der Waals surface area contributed by atoms with Gasteiger partial charge in [0.05, 0.1) is 0 Å². The lowest BCUT2D eigenvalue weighted by Crippen LogP contribution is -2.51. The van der Waals surface area contributed by atoms with Crippen molar-refractivity contribution in [2.24, 2.45) is 5.92 Å². The topological polar surface area (TPSA) is 91.8 Å². The van der Waals surface area contributed by atoms with Crippen molar-refractivity contribution < 1.29 is 23.1 Å². The van der Waals surface area contributed by atoms with Crippen molar-refractivity contribution in [3.63, 3.8) is 0 Å². The molecule has 0 radical (unpaired) electrons. The van der Waals surface area contributed by atoms with Gasteiger partial charge in [0.1, 0.15) is 11.3 Å². The molecule has 2 fully saturated rings. The lowest BCUT2D eigenvalue weighted by Gasteiger charge is -2.34. The molecule has 7 heteroatoms. The van der Waals surface area contributed by atoms with Crippen molar-refractivity contribution in [2.75, 3.05) is 6.26 Å². The van der Waals surface area contributed by atoms with Gasteiger partial charge >= 0.3 is 5.97 Å². The van der Waals surface area contributed by atoms with E-state index in [2.05, 4.69) is 0 Å². The Morgan fingerprint density at radius 2 is 1.85 bits per heavy atom. The second-order valence-corrected chi connectivity index (χ2v) is 8.29. The minimum atomic E-state index is -3.51. The van der Waals surface area contributed by atoms with Crippen LogP contribution < -0.4 is 0 Å². The Morgan fingerprint density at radius 1 is 1.25 bits per heavy atom. The molecule has 1 saturated carbocycles. The van der Waals surface area contributed by atoms with Crippen LogP contribution in [0.2, 0.25) is 0 Å². The van der Waals surface area contributed by atoms with Gasteiger partial charge in [-0.2, -0.15) is 0 Å². The van der Waals surface area contributed by atoms with Crippen molar-refractivity contribution >= 4 is 21.7 Å². The van der Waals surface area contributed by atoms with E-state index < -0.39 is 33.0 Å². The highest BCUT2D eigenvalue weighted by atomic mass is 32.2. The van der Waals surface area contributed by atoms with E-state index in [4.69, 9.17) is 0 Å². The summed E-state index contributed by atoms with van der Waals surface area (Å²) in [6, 6.07) is -0.985. The van der Waals surface area contributed by atoms with Gasteiger partial charge < -0.3 is 10.0 Å². The summed E-state index contributed by atoms with van der Waals surface area (Å²) in [6.07, 6.45) is 5.17. The van der Waals surface area contributed by atoms with Crippen molar-refractivity contribution in [1.82, 2.24) is 4.90 Å². The summed E-state index contributed by atoms with van der Waals surface area (Å²) in [5.74, 6) is -1.40. The number of likely N-dealkylation sites (tertiary alicyclic amines) is 1. The zero-order valence-corrected chi connectivity index (χ0v) is 12.6. The summed E-state index contributed by atoms with van der Waals surface area (Å²) in [5, 5.41) is 8.14. The van der Waals surface area contributed by atoms with E-state index in [9.17, 15) is 23.1 Å². The maximum Gasteiger partial charge on any atom is 0.326 e. The number of sulfone groups is 1. The smallest absolute Gasteiger partial charge is 0.326 e. The second-order valence-electron chi connectivity index (χ2n) is 5.92. The molecule has 0 aromatic rings. The normalized spacial score (nSPS) is 31.7. The summed E-state index contributed by atoms with van der Waals surface area (Å²) in [7, 11) is -3.51. The third-order valence-corrected chi connectivity index (χ3v) is 6.10. The van der Waals surface area contributed by atoms with Crippen LogP contribution in [0.3, 0.4) is 0 Å². The Bertz CT molecular complexity index is 515. The van der Waals surface area contributed by atoms with Crippen molar-refractivity contribution in [1.29, 1.82) is 0 Å². The number of carboxylic acids is 1. The second kappa shape index (κ2) is 5.35. The van der Waals surface area contributed by atoms with E-state index in [-0.39, 0.29) is 12.0 Å². The van der Waals surface area contributed by atoms with Gasteiger partial charge in [-0.25, -0.2) is 13.2 Å². The molecule has 114 valence electrons. The standard InChI is InChI=1S/C13H21NO5S/c1-8(20(2,18)19)12(15)14-10-6-4-3-5-9(10)7-11(14)13(16)17/h8-11H,3-7H2,1-2H3,(H,16,17)/t8-,9+,10+,11+/m1/s1. The number of rotatable bonds is 3. The average molecular weight is 303 g/mol. The molecular formula is C13H21NO5S. The molecule has 0 aromatic heterocycles. The maximum absolute atomic E-state index is 12.4. The van der Waals surface area contributed by atoms with Gasteiger partial charge in [-0.15, -0.1) is 0 Å². The summed E-state index contributed by atoms with van der Waals surface area (Å²) in [6.45, 7) is 1.34. The van der Waals surface area contributed by atoms with Gasteiger partial charge in [-0.1, -0.05) is 12.8 Å². The van der Waals surface area contributed by atoms with Gasteiger partial charge in [0.25, 0.3) is 0 Å². The minimum Gasteiger partial charge on any atom is -0.480 e. The zero-order valence-electron chi connectivity index (χ0n) is 11.8. The molecule has 2 aliphatic rings. The summed E-state index contributed by atoms with van der Waals surface area (Å²) in [5.41, 5.74) is 0. The molecular weight excluding hydrogens is 282 g/mol. The van der Waals surface area contributed by atoms with Gasteiger partial charge in [0, 0.05) is 12.3 Å². The van der Waals surface area contributed by atoms with Crippen LogP contribution >= 0.6 is 0 Å². The van der Waals surface area contributed by atoms with Crippen LogP contribution in [0.1, 0.15) is 39.0 Å². The molecule has 2 rings (SSSR count). The van der Waals surface area contributed by atoms with Crippen LogP contribution in [-0.4, -0.2) is 53.9 Å². The van der Waals surface area contributed by atoms with Crippen LogP contribution in [0.25, 0.3) is 0 Å². The Hall–Kier alpha value is -1.11. The number of carbonyl (C=O) groups is 2. The quantitative estimate of drug-likeness (QED) is 0.827. The first-order valence-corrected chi connectivity index (χ1v) is 8.92. The molecule has 1 heterocycles. The fourth-order valence-corrected chi connectivity index (χ4v) is 3.88. The van der Waals surface area contributed by atoms with Crippen molar-refractivity contribution in [3.05, 3.63) is 0 Å². The number of fused-ring (bicyclic) bond motifs is 1. The molecule has 1 aliphatic heterocycles. The third kappa shape index (κ3) is 2.68. The van der Waals surface area contributed by atoms with E-state index >= 15 is 0 Å². The molecule has 0 spiro atoms.